The van der Waals surface area contributed by atoms with Crippen molar-refractivity contribution in [3.63, 3.8) is 0 Å². The van der Waals surface area contributed by atoms with Gasteiger partial charge in [0.15, 0.2) is 0 Å². The fourth-order valence-corrected chi connectivity index (χ4v) is 3.08. The van der Waals surface area contributed by atoms with E-state index in [9.17, 15) is 4.79 Å². The average molecular weight is 280 g/mol. The van der Waals surface area contributed by atoms with E-state index < -0.39 is 0 Å². The standard InChI is InChI=1S/C18H20N2O/c19-13-17-16-9-5-4-8-15(16)10-11-20(17)18(21)12-14-6-2-1-3-7-14/h1-9,17H,10-13,19H2. The summed E-state index contributed by atoms with van der Waals surface area (Å²) in [6, 6.07) is 18.2. The van der Waals surface area contributed by atoms with Crippen LogP contribution in [0.25, 0.3) is 0 Å². The molecule has 0 bridgehead atoms. The Morgan fingerprint density at radius 1 is 1.10 bits per heavy atom. The van der Waals surface area contributed by atoms with Crippen LogP contribution in [0.2, 0.25) is 0 Å². The maximum absolute atomic E-state index is 12.6. The van der Waals surface area contributed by atoms with Crippen molar-refractivity contribution >= 4 is 5.91 Å². The summed E-state index contributed by atoms with van der Waals surface area (Å²) in [6.07, 6.45) is 1.35. The summed E-state index contributed by atoms with van der Waals surface area (Å²) in [4.78, 5) is 14.6. The molecule has 1 amide bonds. The average Bonchev–Trinajstić information content (AvgIpc) is 2.54. The molecule has 3 heteroatoms. The molecule has 1 aliphatic rings. The molecule has 3 nitrogen and oxygen atoms in total. The van der Waals surface area contributed by atoms with Gasteiger partial charge in [0.2, 0.25) is 5.91 Å². The second-order valence-corrected chi connectivity index (χ2v) is 5.45. The molecule has 1 heterocycles. The van der Waals surface area contributed by atoms with Crippen LogP contribution >= 0.6 is 0 Å². The molecule has 0 saturated carbocycles. The fraction of sp³-hybridized carbons (Fsp3) is 0.278. The third kappa shape index (κ3) is 2.83. The number of fused-ring (bicyclic) bond motifs is 1. The van der Waals surface area contributed by atoms with Gasteiger partial charge in [0.1, 0.15) is 0 Å². The Morgan fingerprint density at radius 2 is 1.81 bits per heavy atom. The Morgan fingerprint density at radius 3 is 2.57 bits per heavy atom. The van der Waals surface area contributed by atoms with Crippen molar-refractivity contribution < 1.29 is 4.79 Å². The predicted octanol–water partition coefficient (Wildman–Crippen LogP) is 2.31. The summed E-state index contributed by atoms with van der Waals surface area (Å²) in [5.74, 6) is 0.158. The summed E-state index contributed by atoms with van der Waals surface area (Å²) < 4.78 is 0. The zero-order valence-corrected chi connectivity index (χ0v) is 12.0. The van der Waals surface area contributed by atoms with Gasteiger partial charge in [0, 0.05) is 13.1 Å². The lowest BCUT2D eigenvalue weighted by Gasteiger charge is -2.37. The van der Waals surface area contributed by atoms with Crippen LogP contribution in [-0.2, 0) is 17.6 Å². The molecule has 0 saturated heterocycles. The molecule has 1 unspecified atom stereocenters. The van der Waals surface area contributed by atoms with Crippen LogP contribution in [0, 0.1) is 0 Å². The lowest BCUT2D eigenvalue weighted by molar-refractivity contribution is -0.133. The summed E-state index contributed by atoms with van der Waals surface area (Å²) >= 11 is 0. The lowest BCUT2D eigenvalue weighted by Crippen LogP contribution is -2.43. The lowest BCUT2D eigenvalue weighted by atomic mass is 9.92. The van der Waals surface area contributed by atoms with Crippen LogP contribution < -0.4 is 5.73 Å². The van der Waals surface area contributed by atoms with Crippen molar-refractivity contribution in [2.75, 3.05) is 13.1 Å². The fourth-order valence-electron chi connectivity index (χ4n) is 3.08. The molecule has 1 atom stereocenters. The van der Waals surface area contributed by atoms with Crippen molar-refractivity contribution in [3.05, 3.63) is 71.3 Å². The van der Waals surface area contributed by atoms with E-state index in [2.05, 4.69) is 12.1 Å². The number of amides is 1. The van der Waals surface area contributed by atoms with E-state index in [0.717, 1.165) is 18.5 Å². The van der Waals surface area contributed by atoms with E-state index in [1.165, 1.54) is 11.1 Å². The Bertz CT molecular complexity index is 624. The molecule has 0 fully saturated rings. The van der Waals surface area contributed by atoms with Gasteiger partial charge < -0.3 is 10.6 Å². The highest BCUT2D eigenvalue weighted by Gasteiger charge is 2.29. The normalized spacial score (nSPS) is 17.4. The van der Waals surface area contributed by atoms with Gasteiger partial charge in [-0.3, -0.25) is 4.79 Å². The van der Waals surface area contributed by atoms with Crippen LogP contribution in [0.1, 0.15) is 22.7 Å². The second kappa shape index (κ2) is 6.10. The largest absolute Gasteiger partial charge is 0.334 e. The van der Waals surface area contributed by atoms with Crippen molar-refractivity contribution in [2.45, 2.75) is 18.9 Å². The number of nitrogens with zero attached hydrogens (tertiary/aromatic N) is 1. The zero-order valence-electron chi connectivity index (χ0n) is 12.0. The summed E-state index contributed by atoms with van der Waals surface area (Å²) in [7, 11) is 0. The first-order valence-electron chi connectivity index (χ1n) is 7.41. The van der Waals surface area contributed by atoms with Gasteiger partial charge in [-0.05, 0) is 23.1 Å². The Hall–Kier alpha value is -2.13. The zero-order chi connectivity index (χ0) is 14.7. The number of hydrogen-bond donors (Lipinski definition) is 1. The highest BCUT2D eigenvalue weighted by molar-refractivity contribution is 5.79. The number of hydrogen-bond acceptors (Lipinski definition) is 2. The van der Waals surface area contributed by atoms with Crippen molar-refractivity contribution in [1.82, 2.24) is 4.90 Å². The molecule has 2 N–H and O–H groups in total. The van der Waals surface area contributed by atoms with Crippen molar-refractivity contribution in [2.24, 2.45) is 5.73 Å². The van der Waals surface area contributed by atoms with Gasteiger partial charge in [-0.15, -0.1) is 0 Å². The van der Waals surface area contributed by atoms with Gasteiger partial charge in [0.05, 0.1) is 12.5 Å². The minimum atomic E-state index is 0.00571. The second-order valence-electron chi connectivity index (χ2n) is 5.45. The molecular weight excluding hydrogens is 260 g/mol. The molecule has 0 radical (unpaired) electrons. The number of benzene rings is 2. The summed E-state index contributed by atoms with van der Waals surface area (Å²) in [5, 5.41) is 0. The summed E-state index contributed by atoms with van der Waals surface area (Å²) in [5.41, 5.74) is 9.52. The molecule has 0 spiro atoms. The SMILES string of the molecule is NCC1c2ccccc2CCN1C(=O)Cc1ccccc1. The van der Waals surface area contributed by atoms with Crippen LogP contribution in [-0.4, -0.2) is 23.9 Å². The molecule has 108 valence electrons. The molecule has 1 aliphatic heterocycles. The quantitative estimate of drug-likeness (QED) is 0.938. The molecule has 0 aliphatic carbocycles. The van der Waals surface area contributed by atoms with Gasteiger partial charge >= 0.3 is 0 Å². The Kier molecular flexibility index (Phi) is 4.02. The smallest absolute Gasteiger partial charge is 0.227 e. The van der Waals surface area contributed by atoms with Crippen LogP contribution in [0.15, 0.2) is 54.6 Å². The van der Waals surface area contributed by atoms with E-state index in [1.807, 2.05) is 47.4 Å². The van der Waals surface area contributed by atoms with E-state index in [1.54, 1.807) is 0 Å². The van der Waals surface area contributed by atoms with Crippen molar-refractivity contribution in [3.8, 4) is 0 Å². The highest BCUT2D eigenvalue weighted by Crippen LogP contribution is 2.29. The van der Waals surface area contributed by atoms with E-state index in [-0.39, 0.29) is 11.9 Å². The van der Waals surface area contributed by atoms with E-state index in [4.69, 9.17) is 5.73 Å². The van der Waals surface area contributed by atoms with E-state index in [0.29, 0.717) is 13.0 Å². The van der Waals surface area contributed by atoms with Gasteiger partial charge in [-0.25, -0.2) is 0 Å². The third-order valence-corrected chi connectivity index (χ3v) is 4.15. The summed E-state index contributed by atoms with van der Waals surface area (Å²) in [6.45, 7) is 1.22. The third-order valence-electron chi connectivity index (χ3n) is 4.15. The molecule has 21 heavy (non-hydrogen) atoms. The number of carbonyl (C=O) groups excluding carboxylic acids is 1. The van der Waals surface area contributed by atoms with Crippen LogP contribution in [0.3, 0.4) is 0 Å². The molecule has 3 rings (SSSR count). The van der Waals surface area contributed by atoms with Gasteiger partial charge in [0.25, 0.3) is 0 Å². The first-order valence-corrected chi connectivity index (χ1v) is 7.41. The highest BCUT2D eigenvalue weighted by atomic mass is 16.2. The molecule has 2 aromatic rings. The van der Waals surface area contributed by atoms with Gasteiger partial charge in [-0.1, -0.05) is 54.6 Å². The molecule has 0 aromatic heterocycles. The van der Waals surface area contributed by atoms with Gasteiger partial charge in [-0.2, -0.15) is 0 Å². The topological polar surface area (TPSA) is 46.3 Å². The first-order chi connectivity index (χ1) is 10.3. The number of rotatable bonds is 3. The Labute approximate surface area is 125 Å². The van der Waals surface area contributed by atoms with E-state index >= 15 is 0 Å². The van der Waals surface area contributed by atoms with Crippen LogP contribution in [0.5, 0.6) is 0 Å². The predicted molar refractivity (Wildman–Crippen MR) is 83.8 cm³/mol. The minimum absolute atomic E-state index is 0.00571. The number of nitrogens with two attached hydrogens (primary N) is 1. The minimum Gasteiger partial charge on any atom is -0.334 e. The molecular formula is C18H20N2O. The first kappa shape index (κ1) is 13.8. The number of carbonyl (C=O) groups is 1. The Balaban J connectivity index is 1.81. The van der Waals surface area contributed by atoms with Crippen LogP contribution in [0.4, 0.5) is 0 Å². The monoisotopic (exact) mass is 280 g/mol. The maximum Gasteiger partial charge on any atom is 0.227 e. The molecule has 2 aromatic carbocycles. The van der Waals surface area contributed by atoms with Crippen molar-refractivity contribution in [1.29, 1.82) is 0 Å². The maximum atomic E-state index is 12.6.